The fourth-order valence-electron chi connectivity index (χ4n) is 2.48. The van der Waals surface area contributed by atoms with E-state index in [1.807, 2.05) is 31.2 Å². The van der Waals surface area contributed by atoms with Gasteiger partial charge in [-0.2, -0.15) is 0 Å². The van der Waals surface area contributed by atoms with Crippen molar-refractivity contribution in [2.75, 3.05) is 6.61 Å². The second-order valence-corrected chi connectivity index (χ2v) is 5.74. The molecule has 0 aromatic heterocycles. The lowest BCUT2D eigenvalue weighted by atomic mass is 9.98. The molecule has 118 valence electrons. The maximum Gasteiger partial charge on any atom is 0.313 e. The van der Waals surface area contributed by atoms with Crippen molar-refractivity contribution in [3.05, 3.63) is 42.0 Å². The van der Waals surface area contributed by atoms with Crippen LogP contribution in [0.15, 0.2) is 36.4 Å². The van der Waals surface area contributed by atoms with Gasteiger partial charge in [0, 0.05) is 0 Å². The van der Waals surface area contributed by atoms with E-state index >= 15 is 0 Å². The molecular formula is C19H24O3. The third-order valence-corrected chi connectivity index (χ3v) is 3.94. The fraction of sp³-hybridized carbons (Fsp3) is 0.421. The molecule has 22 heavy (non-hydrogen) atoms. The first-order valence-electron chi connectivity index (χ1n) is 8.01. The topological polar surface area (TPSA) is 46.5 Å². The zero-order chi connectivity index (χ0) is 15.9. The number of ether oxygens (including phenoxy) is 1. The first kappa shape index (κ1) is 16.3. The van der Waals surface area contributed by atoms with Gasteiger partial charge in [0.1, 0.15) is 5.75 Å². The SMILES string of the molecule is CCCCCCOC(=O)[C@@H](C)c1ccc2cc(O)ccc2c1. The van der Waals surface area contributed by atoms with E-state index < -0.39 is 0 Å². The highest BCUT2D eigenvalue weighted by Crippen LogP contribution is 2.25. The summed E-state index contributed by atoms with van der Waals surface area (Å²) in [7, 11) is 0. The van der Waals surface area contributed by atoms with E-state index in [9.17, 15) is 9.90 Å². The molecule has 0 aliphatic carbocycles. The van der Waals surface area contributed by atoms with Crippen LogP contribution in [0, 0.1) is 0 Å². The number of unbranched alkanes of at least 4 members (excludes halogenated alkanes) is 3. The Morgan fingerprint density at radius 1 is 1.09 bits per heavy atom. The van der Waals surface area contributed by atoms with E-state index in [1.54, 1.807) is 12.1 Å². The molecule has 0 fully saturated rings. The predicted octanol–water partition coefficient (Wildman–Crippen LogP) is 4.77. The predicted molar refractivity (Wildman–Crippen MR) is 89.1 cm³/mol. The molecule has 0 bridgehead atoms. The van der Waals surface area contributed by atoms with Crippen LogP contribution < -0.4 is 0 Å². The summed E-state index contributed by atoms with van der Waals surface area (Å²) >= 11 is 0. The Labute approximate surface area is 131 Å². The van der Waals surface area contributed by atoms with Gasteiger partial charge < -0.3 is 9.84 Å². The van der Waals surface area contributed by atoms with Crippen molar-refractivity contribution in [1.29, 1.82) is 0 Å². The number of fused-ring (bicyclic) bond motifs is 1. The molecule has 0 aliphatic heterocycles. The Morgan fingerprint density at radius 2 is 1.82 bits per heavy atom. The van der Waals surface area contributed by atoms with E-state index in [-0.39, 0.29) is 17.6 Å². The highest BCUT2D eigenvalue weighted by atomic mass is 16.5. The van der Waals surface area contributed by atoms with Crippen molar-refractivity contribution in [3.8, 4) is 5.75 Å². The maximum atomic E-state index is 12.1. The highest BCUT2D eigenvalue weighted by Gasteiger charge is 2.17. The summed E-state index contributed by atoms with van der Waals surface area (Å²) in [6.07, 6.45) is 4.41. The Kier molecular flexibility index (Phi) is 5.82. The van der Waals surface area contributed by atoms with Crippen LogP contribution in [0.2, 0.25) is 0 Å². The number of esters is 1. The van der Waals surface area contributed by atoms with Crippen LogP contribution in [0.1, 0.15) is 51.0 Å². The molecule has 0 unspecified atom stereocenters. The molecule has 0 saturated heterocycles. The van der Waals surface area contributed by atoms with Gasteiger partial charge in [0.15, 0.2) is 0 Å². The standard InChI is InChI=1S/C19H24O3/c1-3-4-5-6-11-22-19(21)14(2)15-7-8-17-13-18(20)10-9-16(17)12-15/h7-10,12-14,20H,3-6,11H2,1-2H3/t14-/m0/s1. The molecule has 1 atom stereocenters. The van der Waals surface area contributed by atoms with Crippen LogP contribution in [0.25, 0.3) is 10.8 Å². The van der Waals surface area contributed by atoms with Crippen molar-refractivity contribution in [2.24, 2.45) is 0 Å². The van der Waals surface area contributed by atoms with Gasteiger partial charge in [-0.3, -0.25) is 4.79 Å². The Hall–Kier alpha value is -2.03. The van der Waals surface area contributed by atoms with E-state index in [1.165, 1.54) is 12.8 Å². The third kappa shape index (κ3) is 4.23. The molecule has 3 heteroatoms. The van der Waals surface area contributed by atoms with Gasteiger partial charge in [0.2, 0.25) is 0 Å². The first-order chi connectivity index (χ1) is 10.6. The lowest BCUT2D eigenvalue weighted by Crippen LogP contribution is -2.14. The number of benzene rings is 2. The maximum absolute atomic E-state index is 12.1. The van der Waals surface area contributed by atoms with E-state index in [0.29, 0.717) is 6.61 Å². The van der Waals surface area contributed by atoms with Gasteiger partial charge >= 0.3 is 5.97 Å². The molecule has 0 saturated carbocycles. The van der Waals surface area contributed by atoms with Crippen molar-refractivity contribution < 1.29 is 14.6 Å². The van der Waals surface area contributed by atoms with Crippen LogP contribution in [0.5, 0.6) is 5.75 Å². The lowest BCUT2D eigenvalue weighted by Gasteiger charge is -2.13. The Balaban J connectivity index is 1.98. The average molecular weight is 300 g/mol. The molecule has 0 aliphatic rings. The number of phenolic OH excluding ortho intramolecular Hbond substituents is 1. The number of phenols is 1. The summed E-state index contributed by atoms with van der Waals surface area (Å²) in [5.41, 5.74) is 0.941. The summed E-state index contributed by atoms with van der Waals surface area (Å²) in [5, 5.41) is 11.5. The molecule has 0 heterocycles. The van der Waals surface area contributed by atoms with Crippen molar-refractivity contribution in [3.63, 3.8) is 0 Å². The molecule has 1 N–H and O–H groups in total. The van der Waals surface area contributed by atoms with Crippen LogP contribution in [-0.4, -0.2) is 17.7 Å². The lowest BCUT2D eigenvalue weighted by molar-refractivity contribution is -0.145. The van der Waals surface area contributed by atoms with Gasteiger partial charge in [-0.25, -0.2) is 0 Å². The van der Waals surface area contributed by atoms with Crippen LogP contribution in [0.4, 0.5) is 0 Å². The van der Waals surface area contributed by atoms with Crippen molar-refractivity contribution in [2.45, 2.75) is 45.4 Å². The third-order valence-electron chi connectivity index (χ3n) is 3.94. The highest BCUT2D eigenvalue weighted by molar-refractivity contribution is 5.86. The number of hydrogen-bond donors (Lipinski definition) is 1. The molecule has 0 spiro atoms. The van der Waals surface area contributed by atoms with Gasteiger partial charge in [-0.15, -0.1) is 0 Å². The molecule has 3 nitrogen and oxygen atoms in total. The summed E-state index contributed by atoms with van der Waals surface area (Å²) in [5.74, 6) is -0.196. The summed E-state index contributed by atoms with van der Waals surface area (Å²) < 4.78 is 5.36. The normalized spacial score (nSPS) is 12.3. The van der Waals surface area contributed by atoms with Gasteiger partial charge in [0.05, 0.1) is 12.5 Å². The molecule has 0 amide bonds. The van der Waals surface area contributed by atoms with Gasteiger partial charge in [-0.1, -0.05) is 50.5 Å². The molecular weight excluding hydrogens is 276 g/mol. The van der Waals surface area contributed by atoms with E-state index in [0.717, 1.165) is 29.2 Å². The van der Waals surface area contributed by atoms with Crippen molar-refractivity contribution >= 4 is 16.7 Å². The van der Waals surface area contributed by atoms with Crippen LogP contribution in [0.3, 0.4) is 0 Å². The molecule has 0 radical (unpaired) electrons. The smallest absolute Gasteiger partial charge is 0.313 e. The number of aromatic hydroxyl groups is 1. The van der Waals surface area contributed by atoms with Gasteiger partial charge in [-0.05, 0) is 41.8 Å². The molecule has 2 aromatic rings. The van der Waals surface area contributed by atoms with Crippen LogP contribution in [-0.2, 0) is 9.53 Å². The monoisotopic (exact) mass is 300 g/mol. The largest absolute Gasteiger partial charge is 0.508 e. The average Bonchev–Trinajstić information content (AvgIpc) is 2.53. The van der Waals surface area contributed by atoms with Gasteiger partial charge in [0.25, 0.3) is 0 Å². The number of carbonyl (C=O) groups is 1. The Morgan fingerprint density at radius 3 is 2.59 bits per heavy atom. The minimum atomic E-state index is -0.274. The zero-order valence-electron chi connectivity index (χ0n) is 13.3. The summed E-state index contributed by atoms with van der Waals surface area (Å²) in [6.45, 7) is 4.54. The minimum absolute atomic E-state index is 0.172. The van der Waals surface area contributed by atoms with E-state index in [4.69, 9.17) is 4.74 Å². The summed E-state index contributed by atoms with van der Waals surface area (Å²) in [4.78, 5) is 12.1. The zero-order valence-corrected chi connectivity index (χ0v) is 13.3. The number of hydrogen-bond acceptors (Lipinski definition) is 3. The second kappa shape index (κ2) is 7.83. The summed E-state index contributed by atoms with van der Waals surface area (Å²) in [6, 6.07) is 11.1. The first-order valence-corrected chi connectivity index (χ1v) is 8.01. The van der Waals surface area contributed by atoms with Crippen molar-refractivity contribution in [1.82, 2.24) is 0 Å². The molecule has 2 aromatic carbocycles. The van der Waals surface area contributed by atoms with Crippen LogP contribution >= 0.6 is 0 Å². The quantitative estimate of drug-likeness (QED) is 0.591. The number of rotatable bonds is 7. The number of carbonyl (C=O) groups excluding carboxylic acids is 1. The fourth-order valence-corrected chi connectivity index (χ4v) is 2.48. The Bertz CT molecular complexity index is 634. The second-order valence-electron chi connectivity index (χ2n) is 5.74. The minimum Gasteiger partial charge on any atom is -0.508 e. The van der Waals surface area contributed by atoms with E-state index in [2.05, 4.69) is 6.92 Å². The molecule has 2 rings (SSSR count).